The first-order valence-electron chi connectivity index (χ1n) is 4.64. The summed E-state index contributed by atoms with van der Waals surface area (Å²) in [5.41, 5.74) is 6.40. The average molecular weight is 213 g/mol. The van der Waals surface area contributed by atoms with Gasteiger partial charge < -0.3 is 25.9 Å². The SMILES string of the molecule is Nc1c[nH]c(C(=O)NCCOCCO)c1. The van der Waals surface area contributed by atoms with Crippen molar-refractivity contribution < 1.29 is 14.6 Å². The number of aromatic nitrogens is 1. The van der Waals surface area contributed by atoms with Crippen molar-refractivity contribution in [2.75, 3.05) is 32.1 Å². The van der Waals surface area contributed by atoms with Crippen LogP contribution in [0.2, 0.25) is 0 Å². The van der Waals surface area contributed by atoms with Crippen LogP contribution in [0.4, 0.5) is 5.69 Å². The number of aromatic amines is 1. The van der Waals surface area contributed by atoms with Crippen LogP contribution >= 0.6 is 0 Å². The standard InChI is InChI=1S/C9H15N3O3/c10-7-5-8(12-6-7)9(14)11-1-3-15-4-2-13/h5-6,12-13H,1-4,10H2,(H,11,14). The normalized spacial score (nSPS) is 10.2. The van der Waals surface area contributed by atoms with E-state index in [-0.39, 0.29) is 19.1 Å². The van der Waals surface area contributed by atoms with Crippen LogP contribution in [-0.2, 0) is 4.74 Å². The van der Waals surface area contributed by atoms with Gasteiger partial charge in [0.15, 0.2) is 0 Å². The molecule has 6 nitrogen and oxygen atoms in total. The van der Waals surface area contributed by atoms with E-state index in [1.165, 1.54) is 0 Å². The fourth-order valence-electron chi connectivity index (χ4n) is 1.04. The number of rotatable bonds is 6. The van der Waals surface area contributed by atoms with Gasteiger partial charge in [0, 0.05) is 18.4 Å². The fourth-order valence-corrected chi connectivity index (χ4v) is 1.04. The quantitative estimate of drug-likeness (QED) is 0.471. The minimum atomic E-state index is -0.223. The Bertz CT molecular complexity index is 311. The minimum Gasteiger partial charge on any atom is -0.397 e. The first kappa shape index (κ1) is 11.5. The molecule has 0 fully saturated rings. The Kier molecular flexibility index (Phi) is 4.65. The highest BCUT2D eigenvalue weighted by Gasteiger charge is 2.05. The molecule has 1 heterocycles. The van der Waals surface area contributed by atoms with Crippen LogP contribution < -0.4 is 11.1 Å². The Morgan fingerprint density at radius 3 is 3.00 bits per heavy atom. The summed E-state index contributed by atoms with van der Waals surface area (Å²) in [6.07, 6.45) is 1.55. The summed E-state index contributed by atoms with van der Waals surface area (Å²) in [5.74, 6) is -0.223. The Morgan fingerprint density at radius 2 is 2.40 bits per heavy atom. The molecule has 0 radical (unpaired) electrons. The highest BCUT2D eigenvalue weighted by atomic mass is 16.5. The first-order valence-corrected chi connectivity index (χ1v) is 4.64. The van der Waals surface area contributed by atoms with Crippen molar-refractivity contribution in [1.82, 2.24) is 10.3 Å². The molecular weight excluding hydrogens is 198 g/mol. The maximum atomic E-state index is 11.4. The third-order valence-corrected chi connectivity index (χ3v) is 1.72. The number of amides is 1. The zero-order valence-electron chi connectivity index (χ0n) is 8.32. The Balaban J connectivity index is 2.19. The maximum Gasteiger partial charge on any atom is 0.267 e. The first-order chi connectivity index (χ1) is 7.24. The molecule has 1 aromatic heterocycles. The number of carbonyl (C=O) groups is 1. The molecule has 6 heteroatoms. The summed E-state index contributed by atoms with van der Waals surface area (Å²) in [6, 6.07) is 1.56. The lowest BCUT2D eigenvalue weighted by Crippen LogP contribution is -2.27. The number of hydrogen-bond acceptors (Lipinski definition) is 4. The predicted octanol–water partition coefficient (Wildman–Crippen LogP) is -0.664. The van der Waals surface area contributed by atoms with Crippen molar-refractivity contribution in [3.63, 3.8) is 0 Å². The second-order valence-electron chi connectivity index (χ2n) is 2.94. The molecule has 1 rings (SSSR count). The zero-order chi connectivity index (χ0) is 11.1. The summed E-state index contributed by atoms with van der Waals surface area (Å²) in [5, 5.41) is 11.1. The van der Waals surface area contributed by atoms with Crippen LogP contribution in [0.25, 0.3) is 0 Å². The maximum absolute atomic E-state index is 11.4. The third-order valence-electron chi connectivity index (χ3n) is 1.72. The van der Waals surface area contributed by atoms with E-state index in [4.69, 9.17) is 15.6 Å². The Morgan fingerprint density at radius 1 is 1.60 bits per heavy atom. The van der Waals surface area contributed by atoms with Gasteiger partial charge in [-0.15, -0.1) is 0 Å². The largest absolute Gasteiger partial charge is 0.397 e. The summed E-state index contributed by atoms with van der Waals surface area (Å²) < 4.78 is 4.97. The number of ether oxygens (including phenoxy) is 1. The summed E-state index contributed by atoms with van der Waals surface area (Å²) in [6.45, 7) is 1.05. The lowest BCUT2D eigenvalue weighted by Gasteiger charge is -2.03. The van der Waals surface area contributed by atoms with E-state index in [1.54, 1.807) is 12.3 Å². The molecule has 0 unspecified atom stereocenters. The molecule has 0 aromatic carbocycles. The second kappa shape index (κ2) is 6.05. The van der Waals surface area contributed by atoms with Gasteiger partial charge in [-0.3, -0.25) is 4.79 Å². The number of carbonyl (C=O) groups excluding carboxylic acids is 1. The van der Waals surface area contributed by atoms with Crippen LogP contribution in [0, 0.1) is 0 Å². The van der Waals surface area contributed by atoms with Gasteiger partial charge in [-0.25, -0.2) is 0 Å². The van der Waals surface area contributed by atoms with Gasteiger partial charge in [-0.05, 0) is 6.07 Å². The third kappa shape index (κ3) is 4.01. The molecule has 1 aromatic rings. The molecule has 0 aliphatic carbocycles. The number of hydrogen-bond donors (Lipinski definition) is 4. The number of anilines is 1. The van der Waals surface area contributed by atoms with Crippen molar-refractivity contribution >= 4 is 11.6 Å². The lowest BCUT2D eigenvalue weighted by atomic mass is 10.4. The topological polar surface area (TPSA) is 100 Å². The van der Waals surface area contributed by atoms with E-state index < -0.39 is 0 Å². The molecule has 0 bridgehead atoms. The van der Waals surface area contributed by atoms with Crippen molar-refractivity contribution in [3.05, 3.63) is 18.0 Å². The summed E-state index contributed by atoms with van der Waals surface area (Å²) in [7, 11) is 0. The Labute approximate surface area is 87.4 Å². The average Bonchev–Trinajstić information content (AvgIpc) is 2.64. The number of H-pyrrole nitrogens is 1. The van der Waals surface area contributed by atoms with Gasteiger partial charge in [-0.1, -0.05) is 0 Å². The van der Waals surface area contributed by atoms with Crippen molar-refractivity contribution in [2.45, 2.75) is 0 Å². The van der Waals surface area contributed by atoms with E-state index in [9.17, 15) is 4.79 Å². The van der Waals surface area contributed by atoms with Gasteiger partial charge in [-0.2, -0.15) is 0 Å². The van der Waals surface area contributed by atoms with E-state index in [0.29, 0.717) is 24.5 Å². The van der Waals surface area contributed by atoms with Gasteiger partial charge in [0.1, 0.15) is 5.69 Å². The van der Waals surface area contributed by atoms with E-state index in [0.717, 1.165) is 0 Å². The highest BCUT2D eigenvalue weighted by Crippen LogP contribution is 2.03. The van der Waals surface area contributed by atoms with E-state index in [2.05, 4.69) is 10.3 Å². The molecule has 0 saturated heterocycles. The molecule has 1 amide bonds. The molecule has 15 heavy (non-hydrogen) atoms. The molecule has 0 aliphatic rings. The zero-order valence-corrected chi connectivity index (χ0v) is 8.32. The van der Waals surface area contributed by atoms with Gasteiger partial charge in [0.2, 0.25) is 0 Å². The number of aliphatic hydroxyl groups excluding tert-OH is 1. The van der Waals surface area contributed by atoms with Gasteiger partial charge >= 0.3 is 0 Å². The number of nitrogens with two attached hydrogens (primary N) is 1. The van der Waals surface area contributed by atoms with E-state index in [1.807, 2.05) is 0 Å². The molecule has 0 atom stereocenters. The monoisotopic (exact) mass is 213 g/mol. The second-order valence-corrected chi connectivity index (χ2v) is 2.94. The highest BCUT2D eigenvalue weighted by molar-refractivity contribution is 5.93. The molecule has 5 N–H and O–H groups in total. The minimum absolute atomic E-state index is 0.0128. The fraction of sp³-hybridized carbons (Fsp3) is 0.444. The molecular formula is C9H15N3O3. The Hall–Kier alpha value is -1.53. The lowest BCUT2D eigenvalue weighted by molar-refractivity contribution is 0.0835. The van der Waals surface area contributed by atoms with Crippen molar-refractivity contribution in [3.8, 4) is 0 Å². The van der Waals surface area contributed by atoms with Crippen molar-refractivity contribution in [1.29, 1.82) is 0 Å². The van der Waals surface area contributed by atoms with Crippen LogP contribution in [0.15, 0.2) is 12.3 Å². The van der Waals surface area contributed by atoms with Gasteiger partial charge in [0.25, 0.3) is 5.91 Å². The number of nitrogen functional groups attached to an aromatic ring is 1. The molecule has 0 saturated carbocycles. The summed E-state index contributed by atoms with van der Waals surface area (Å²) >= 11 is 0. The van der Waals surface area contributed by atoms with Crippen molar-refractivity contribution in [2.24, 2.45) is 0 Å². The van der Waals surface area contributed by atoms with Crippen LogP contribution in [-0.4, -0.2) is 42.4 Å². The summed E-state index contributed by atoms with van der Waals surface area (Å²) in [4.78, 5) is 14.1. The smallest absolute Gasteiger partial charge is 0.267 e. The predicted molar refractivity (Wildman–Crippen MR) is 55.4 cm³/mol. The molecule has 0 aliphatic heterocycles. The van der Waals surface area contributed by atoms with Crippen LogP contribution in [0.1, 0.15) is 10.5 Å². The van der Waals surface area contributed by atoms with Crippen LogP contribution in [0.3, 0.4) is 0 Å². The molecule has 0 spiro atoms. The van der Waals surface area contributed by atoms with Gasteiger partial charge in [0.05, 0.1) is 19.8 Å². The number of aliphatic hydroxyl groups is 1. The molecule has 84 valence electrons. The van der Waals surface area contributed by atoms with E-state index >= 15 is 0 Å². The number of nitrogens with one attached hydrogen (secondary N) is 2. The van der Waals surface area contributed by atoms with Crippen LogP contribution in [0.5, 0.6) is 0 Å².